The van der Waals surface area contributed by atoms with Gasteiger partial charge < -0.3 is 10.4 Å². The molecule has 8 heteroatoms. The predicted molar refractivity (Wildman–Crippen MR) is 65.8 cm³/mol. The average Bonchev–Trinajstić information content (AvgIpc) is 2.75. The van der Waals surface area contributed by atoms with Crippen LogP contribution >= 0.6 is 0 Å². The molecule has 5 nitrogen and oxygen atoms in total. The lowest BCUT2D eigenvalue weighted by Crippen LogP contribution is -2.41. The van der Waals surface area contributed by atoms with Gasteiger partial charge in [-0.3, -0.25) is 9.48 Å². The Morgan fingerprint density at radius 1 is 1.50 bits per heavy atom. The maximum Gasteiger partial charge on any atom is 0.435 e. The minimum atomic E-state index is -4.52. The first-order chi connectivity index (χ1) is 9.14. The molecule has 0 aliphatic heterocycles. The standard InChI is InChI=1S/C12H18F3N3O2/c1-3-5-11(2,20)8-16-10(19)7-18-6-4-9(17-18)12(13,14)15/h4,6,20H,3,5,7-8H2,1-2H3,(H,16,19). The van der Waals surface area contributed by atoms with E-state index in [-0.39, 0.29) is 13.1 Å². The first-order valence-electron chi connectivity index (χ1n) is 6.24. The Balaban J connectivity index is 2.49. The highest BCUT2D eigenvalue weighted by molar-refractivity contribution is 5.75. The van der Waals surface area contributed by atoms with Crippen molar-refractivity contribution >= 4 is 5.91 Å². The molecule has 114 valence electrons. The molecule has 2 N–H and O–H groups in total. The van der Waals surface area contributed by atoms with Gasteiger partial charge in [0.25, 0.3) is 0 Å². The van der Waals surface area contributed by atoms with Crippen molar-refractivity contribution in [2.75, 3.05) is 6.54 Å². The molecule has 1 rings (SSSR count). The average molecular weight is 293 g/mol. The molecule has 0 aliphatic rings. The number of aromatic nitrogens is 2. The van der Waals surface area contributed by atoms with Crippen LogP contribution in [0, 0.1) is 0 Å². The van der Waals surface area contributed by atoms with E-state index in [0.29, 0.717) is 6.42 Å². The van der Waals surface area contributed by atoms with Gasteiger partial charge in [0.1, 0.15) is 6.54 Å². The lowest BCUT2D eigenvalue weighted by atomic mass is 10.0. The molecule has 0 saturated carbocycles. The molecule has 0 bridgehead atoms. The molecule has 1 atom stereocenters. The van der Waals surface area contributed by atoms with Gasteiger partial charge in [-0.1, -0.05) is 13.3 Å². The Kier molecular flexibility index (Phi) is 5.15. The highest BCUT2D eigenvalue weighted by atomic mass is 19.4. The summed E-state index contributed by atoms with van der Waals surface area (Å²) in [6.45, 7) is 3.22. The zero-order valence-corrected chi connectivity index (χ0v) is 11.4. The summed E-state index contributed by atoms with van der Waals surface area (Å²) < 4.78 is 37.9. The van der Waals surface area contributed by atoms with Crippen LogP contribution in [0.25, 0.3) is 0 Å². The highest BCUT2D eigenvalue weighted by Gasteiger charge is 2.33. The molecular weight excluding hydrogens is 275 g/mol. The second kappa shape index (κ2) is 6.25. The Labute approximate surface area is 114 Å². The van der Waals surface area contributed by atoms with Crippen molar-refractivity contribution in [1.29, 1.82) is 0 Å². The Morgan fingerprint density at radius 2 is 2.15 bits per heavy atom. The zero-order valence-electron chi connectivity index (χ0n) is 11.4. The monoisotopic (exact) mass is 293 g/mol. The van der Waals surface area contributed by atoms with Crippen molar-refractivity contribution in [2.24, 2.45) is 0 Å². The van der Waals surface area contributed by atoms with Gasteiger partial charge in [-0.2, -0.15) is 18.3 Å². The zero-order chi connectivity index (χ0) is 15.4. The summed E-state index contributed by atoms with van der Waals surface area (Å²) in [6, 6.07) is 0.806. The van der Waals surface area contributed by atoms with Crippen molar-refractivity contribution in [1.82, 2.24) is 15.1 Å². The number of halogens is 3. The number of nitrogens with zero attached hydrogens (tertiary/aromatic N) is 2. The number of carbonyl (C=O) groups is 1. The first kappa shape index (κ1) is 16.5. The largest absolute Gasteiger partial charge is 0.435 e. The van der Waals surface area contributed by atoms with Crippen LogP contribution in [-0.2, 0) is 17.5 Å². The third kappa shape index (κ3) is 5.20. The lowest BCUT2D eigenvalue weighted by Gasteiger charge is -2.22. The minimum Gasteiger partial charge on any atom is -0.388 e. The van der Waals surface area contributed by atoms with Crippen molar-refractivity contribution < 1.29 is 23.1 Å². The fraction of sp³-hybridized carbons (Fsp3) is 0.667. The van der Waals surface area contributed by atoms with Crippen LogP contribution in [0.2, 0.25) is 0 Å². The molecule has 1 aromatic heterocycles. The van der Waals surface area contributed by atoms with Crippen LogP contribution in [0.15, 0.2) is 12.3 Å². The van der Waals surface area contributed by atoms with Crippen LogP contribution in [-0.4, -0.2) is 32.9 Å². The van der Waals surface area contributed by atoms with Gasteiger partial charge >= 0.3 is 6.18 Å². The van der Waals surface area contributed by atoms with Crippen molar-refractivity contribution in [2.45, 2.75) is 45.0 Å². The maximum atomic E-state index is 12.3. The molecule has 0 aliphatic carbocycles. The van der Waals surface area contributed by atoms with Crippen molar-refractivity contribution in [3.63, 3.8) is 0 Å². The van der Waals surface area contributed by atoms with E-state index >= 15 is 0 Å². The van der Waals surface area contributed by atoms with Crippen LogP contribution < -0.4 is 5.32 Å². The second-order valence-electron chi connectivity index (χ2n) is 4.92. The number of aliphatic hydroxyl groups is 1. The van der Waals surface area contributed by atoms with Crippen LogP contribution in [0.4, 0.5) is 13.2 Å². The molecule has 0 aromatic carbocycles. The SMILES string of the molecule is CCCC(C)(O)CNC(=O)Cn1ccc(C(F)(F)F)n1. The van der Waals surface area contributed by atoms with Gasteiger partial charge in [0.15, 0.2) is 5.69 Å². The van der Waals surface area contributed by atoms with E-state index in [1.54, 1.807) is 6.92 Å². The molecule has 0 fully saturated rings. The summed E-state index contributed by atoms with van der Waals surface area (Å²) in [5, 5.41) is 15.6. The van der Waals surface area contributed by atoms with Crippen LogP contribution in [0.5, 0.6) is 0 Å². The lowest BCUT2D eigenvalue weighted by molar-refractivity contribution is -0.141. The molecule has 20 heavy (non-hydrogen) atoms. The van der Waals surface area contributed by atoms with Gasteiger partial charge in [0, 0.05) is 12.7 Å². The summed E-state index contributed by atoms with van der Waals surface area (Å²) in [5.41, 5.74) is -2.06. The number of hydrogen-bond donors (Lipinski definition) is 2. The van der Waals surface area contributed by atoms with E-state index in [0.717, 1.165) is 23.4 Å². The highest BCUT2D eigenvalue weighted by Crippen LogP contribution is 2.27. The fourth-order valence-electron chi connectivity index (χ4n) is 1.72. The summed E-state index contributed by atoms with van der Waals surface area (Å²) in [5.74, 6) is -0.502. The Hall–Kier alpha value is -1.57. The van der Waals surface area contributed by atoms with E-state index in [1.165, 1.54) is 0 Å². The second-order valence-corrected chi connectivity index (χ2v) is 4.92. The number of carbonyl (C=O) groups excluding carboxylic acids is 1. The Bertz CT molecular complexity index is 455. The van der Waals surface area contributed by atoms with Gasteiger partial charge in [-0.25, -0.2) is 0 Å². The third-order valence-corrected chi connectivity index (χ3v) is 2.69. The van der Waals surface area contributed by atoms with Gasteiger partial charge in [-0.05, 0) is 19.4 Å². The van der Waals surface area contributed by atoms with Gasteiger partial charge in [0.2, 0.25) is 5.91 Å². The summed E-state index contributed by atoms with van der Waals surface area (Å²) in [7, 11) is 0. The molecular formula is C12H18F3N3O2. The quantitative estimate of drug-likeness (QED) is 0.836. The molecule has 0 radical (unpaired) electrons. The topological polar surface area (TPSA) is 67.2 Å². The van der Waals surface area contributed by atoms with Crippen molar-refractivity contribution in [3.8, 4) is 0 Å². The van der Waals surface area contributed by atoms with E-state index in [2.05, 4.69) is 10.4 Å². The van der Waals surface area contributed by atoms with Crippen molar-refractivity contribution in [3.05, 3.63) is 18.0 Å². The molecule has 1 amide bonds. The third-order valence-electron chi connectivity index (χ3n) is 2.69. The van der Waals surface area contributed by atoms with Gasteiger partial charge in [0.05, 0.1) is 5.60 Å². The molecule has 1 unspecified atom stereocenters. The number of alkyl halides is 3. The number of hydrogen-bond acceptors (Lipinski definition) is 3. The van der Waals surface area contributed by atoms with Crippen LogP contribution in [0.3, 0.4) is 0 Å². The summed E-state index contributed by atoms with van der Waals surface area (Å²) >= 11 is 0. The van der Waals surface area contributed by atoms with E-state index in [1.807, 2.05) is 6.92 Å². The number of nitrogens with one attached hydrogen (secondary N) is 1. The summed E-state index contributed by atoms with van der Waals surface area (Å²) in [6.07, 6.45) is -2.15. The van der Waals surface area contributed by atoms with E-state index < -0.39 is 23.4 Å². The van der Waals surface area contributed by atoms with E-state index in [9.17, 15) is 23.1 Å². The fourth-order valence-corrected chi connectivity index (χ4v) is 1.72. The Morgan fingerprint density at radius 3 is 2.65 bits per heavy atom. The molecule has 0 spiro atoms. The number of amides is 1. The molecule has 1 aromatic rings. The van der Waals surface area contributed by atoms with E-state index in [4.69, 9.17) is 0 Å². The molecule has 0 saturated heterocycles. The van der Waals surface area contributed by atoms with Gasteiger partial charge in [-0.15, -0.1) is 0 Å². The predicted octanol–water partition coefficient (Wildman–Crippen LogP) is 1.57. The number of rotatable bonds is 6. The summed E-state index contributed by atoms with van der Waals surface area (Å²) in [4.78, 5) is 11.6. The van der Waals surface area contributed by atoms with Crippen LogP contribution in [0.1, 0.15) is 32.4 Å². The minimum absolute atomic E-state index is 0.0487. The molecule has 1 heterocycles. The smallest absolute Gasteiger partial charge is 0.388 e. The maximum absolute atomic E-state index is 12.3. The first-order valence-corrected chi connectivity index (χ1v) is 6.24. The normalized spacial score (nSPS) is 14.9.